The molecule has 0 aromatic carbocycles. The van der Waals surface area contributed by atoms with Crippen molar-refractivity contribution >= 4 is 5.97 Å². The summed E-state index contributed by atoms with van der Waals surface area (Å²) in [6.07, 6.45) is 7.69. The standard InChI is InChI=1S/C14H23N3O2/c1-3-10-6-4-5-7-12(10)15-9-13-11(14(18)19)8-16-17(13)2/h8,10,12,15H,3-7,9H2,1-2H3,(H,18,19). The number of carboxylic acids is 1. The molecule has 1 aliphatic rings. The summed E-state index contributed by atoms with van der Waals surface area (Å²) in [5.41, 5.74) is 1.06. The zero-order valence-electron chi connectivity index (χ0n) is 11.7. The van der Waals surface area contributed by atoms with E-state index in [1.165, 1.54) is 38.3 Å². The summed E-state index contributed by atoms with van der Waals surface area (Å²) in [6.45, 7) is 2.82. The average Bonchev–Trinajstić information content (AvgIpc) is 2.78. The van der Waals surface area contributed by atoms with Crippen molar-refractivity contribution in [3.05, 3.63) is 17.5 Å². The summed E-state index contributed by atoms with van der Waals surface area (Å²) >= 11 is 0. The summed E-state index contributed by atoms with van der Waals surface area (Å²) in [4.78, 5) is 11.1. The van der Waals surface area contributed by atoms with E-state index in [0.717, 1.165) is 11.6 Å². The number of carbonyl (C=O) groups is 1. The minimum absolute atomic E-state index is 0.304. The zero-order valence-corrected chi connectivity index (χ0v) is 11.7. The van der Waals surface area contributed by atoms with Crippen molar-refractivity contribution in [2.24, 2.45) is 13.0 Å². The number of aryl methyl sites for hydroxylation is 1. The van der Waals surface area contributed by atoms with E-state index in [2.05, 4.69) is 17.3 Å². The summed E-state index contributed by atoms with van der Waals surface area (Å²) in [6, 6.07) is 0.510. The Balaban J connectivity index is 2.01. The first-order valence-corrected chi connectivity index (χ1v) is 7.11. The molecule has 1 heterocycles. The maximum Gasteiger partial charge on any atom is 0.339 e. The van der Waals surface area contributed by atoms with Crippen molar-refractivity contribution in [2.75, 3.05) is 0 Å². The summed E-state index contributed by atoms with van der Waals surface area (Å²) < 4.78 is 1.65. The molecule has 2 atom stereocenters. The molecule has 19 heavy (non-hydrogen) atoms. The van der Waals surface area contributed by atoms with Crippen LogP contribution in [0.4, 0.5) is 0 Å². The van der Waals surface area contributed by atoms with E-state index >= 15 is 0 Å². The van der Waals surface area contributed by atoms with Crippen molar-refractivity contribution in [1.29, 1.82) is 0 Å². The Labute approximate surface area is 114 Å². The number of nitrogens with zero attached hydrogens (tertiary/aromatic N) is 2. The number of aromatic nitrogens is 2. The van der Waals surface area contributed by atoms with Crippen molar-refractivity contribution in [1.82, 2.24) is 15.1 Å². The van der Waals surface area contributed by atoms with Gasteiger partial charge in [0.25, 0.3) is 0 Å². The lowest BCUT2D eigenvalue weighted by Crippen LogP contribution is -2.38. The largest absolute Gasteiger partial charge is 0.478 e. The molecule has 2 N–H and O–H groups in total. The van der Waals surface area contributed by atoms with Crippen LogP contribution in [0.2, 0.25) is 0 Å². The SMILES string of the molecule is CCC1CCCCC1NCc1c(C(=O)O)cnn1C. The van der Waals surface area contributed by atoms with Crippen LogP contribution in [0.25, 0.3) is 0 Å². The highest BCUT2D eigenvalue weighted by Crippen LogP contribution is 2.27. The zero-order chi connectivity index (χ0) is 13.8. The van der Waals surface area contributed by atoms with Crippen LogP contribution >= 0.6 is 0 Å². The van der Waals surface area contributed by atoms with Gasteiger partial charge in [-0.05, 0) is 18.8 Å². The number of hydrogen-bond donors (Lipinski definition) is 2. The van der Waals surface area contributed by atoms with E-state index in [0.29, 0.717) is 18.2 Å². The Morgan fingerprint density at radius 1 is 1.53 bits per heavy atom. The molecule has 1 fully saturated rings. The first-order valence-electron chi connectivity index (χ1n) is 7.11. The summed E-state index contributed by atoms with van der Waals surface area (Å²) in [7, 11) is 1.79. The second-order valence-corrected chi connectivity index (χ2v) is 5.37. The molecule has 0 radical (unpaired) electrons. The average molecular weight is 265 g/mol. The molecule has 1 aliphatic carbocycles. The smallest absolute Gasteiger partial charge is 0.339 e. The molecule has 0 bridgehead atoms. The predicted molar refractivity (Wildman–Crippen MR) is 73.0 cm³/mol. The highest BCUT2D eigenvalue weighted by Gasteiger charge is 2.24. The normalized spacial score (nSPS) is 23.5. The van der Waals surface area contributed by atoms with Gasteiger partial charge in [0.05, 0.1) is 11.9 Å². The van der Waals surface area contributed by atoms with E-state index < -0.39 is 5.97 Å². The monoisotopic (exact) mass is 265 g/mol. The van der Waals surface area contributed by atoms with Crippen LogP contribution < -0.4 is 5.32 Å². The molecule has 0 spiro atoms. The summed E-state index contributed by atoms with van der Waals surface area (Å²) in [5, 5.41) is 16.7. The number of hydrogen-bond acceptors (Lipinski definition) is 3. The van der Waals surface area contributed by atoms with Gasteiger partial charge in [0.1, 0.15) is 5.56 Å². The van der Waals surface area contributed by atoms with Gasteiger partial charge in [-0.25, -0.2) is 4.79 Å². The van der Waals surface area contributed by atoms with Gasteiger partial charge in [0, 0.05) is 19.6 Å². The van der Waals surface area contributed by atoms with Crippen LogP contribution in [-0.4, -0.2) is 26.9 Å². The lowest BCUT2D eigenvalue weighted by atomic mass is 9.83. The lowest BCUT2D eigenvalue weighted by molar-refractivity contribution is 0.0695. The second kappa shape index (κ2) is 6.19. The van der Waals surface area contributed by atoms with Crippen LogP contribution in [0.5, 0.6) is 0 Å². The molecule has 1 saturated carbocycles. The summed E-state index contributed by atoms with van der Waals surface area (Å²) in [5.74, 6) is -0.184. The fourth-order valence-electron chi connectivity index (χ4n) is 3.04. The maximum atomic E-state index is 11.1. The van der Waals surface area contributed by atoms with Crippen LogP contribution in [0.1, 0.15) is 55.1 Å². The second-order valence-electron chi connectivity index (χ2n) is 5.37. The van der Waals surface area contributed by atoms with E-state index in [4.69, 9.17) is 5.11 Å². The van der Waals surface area contributed by atoms with E-state index in [1.807, 2.05) is 0 Å². The van der Waals surface area contributed by atoms with Crippen LogP contribution in [0.3, 0.4) is 0 Å². The Morgan fingerprint density at radius 2 is 2.26 bits per heavy atom. The molecule has 106 valence electrons. The number of nitrogens with one attached hydrogen (secondary N) is 1. The van der Waals surface area contributed by atoms with Crippen LogP contribution in [-0.2, 0) is 13.6 Å². The molecule has 5 nitrogen and oxygen atoms in total. The van der Waals surface area contributed by atoms with E-state index in [1.54, 1.807) is 11.7 Å². The van der Waals surface area contributed by atoms with Gasteiger partial charge in [-0.15, -0.1) is 0 Å². The topological polar surface area (TPSA) is 67.2 Å². The lowest BCUT2D eigenvalue weighted by Gasteiger charge is -2.31. The first kappa shape index (κ1) is 14.1. The fraction of sp³-hybridized carbons (Fsp3) is 0.714. The third-order valence-electron chi connectivity index (χ3n) is 4.26. The number of rotatable bonds is 5. The first-order chi connectivity index (χ1) is 9.13. The molecular formula is C14H23N3O2. The molecule has 0 saturated heterocycles. The third kappa shape index (κ3) is 3.15. The van der Waals surface area contributed by atoms with Crippen molar-refractivity contribution in [2.45, 2.75) is 51.6 Å². The predicted octanol–water partition coefficient (Wildman–Crippen LogP) is 2.18. The fourth-order valence-corrected chi connectivity index (χ4v) is 3.04. The van der Waals surface area contributed by atoms with E-state index in [-0.39, 0.29) is 0 Å². The van der Waals surface area contributed by atoms with Gasteiger partial charge >= 0.3 is 5.97 Å². The van der Waals surface area contributed by atoms with Gasteiger partial charge in [0.2, 0.25) is 0 Å². The minimum Gasteiger partial charge on any atom is -0.478 e. The molecule has 2 unspecified atom stereocenters. The van der Waals surface area contributed by atoms with Crippen LogP contribution in [0, 0.1) is 5.92 Å². The quantitative estimate of drug-likeness (QED) is 0.856. The Bertz CT molecular complexity index is 442. The Hall–Kier alpha value is -1.36. The van der Waals surface area contributed by atoms with Gasteiger partial charge in [-0.3, -0.25) is 4.68 Å². The van der Waals surface area contributed by atoms with Gasteiger partial charge in [0.15, 0.2) is 0 Å². The Kier molecular flexibility index (Phi) is 4.58. The molecule has 5 heteroatoms. The van der Waals surface area contributed by atoms with Crippen molar-refractivity contribution < 1.29 is 9.90 Å². The molecule has 0 aliphatic heterocycles. The number of carboxylic acid groups (broad SMARTS) is 1. The van der Waals surface area contributed by atoms with E-state index in [9.17, 15) is 4.79 Å². The molecule has 2 rings (SSSR count). The highest BCUT2D eigenvalue weighted by molar-refractivity contribution is 5.88. The molecule has 1 aromatic rings. The minimum atomic E-state index is -0.902. The Morgan fingerprint density at radius 3 is 2.95 bits per heavy atom. The highest BCUT2D eigenvalue weighted by atomic mass is 16.4. The molecule has 0 amide bonds. The van der Waals surface area contributed by atoms with Gasteiger partial charge in [-0.1, -0.05) is 26.2 Å². The van der Waals surface area contributed by atoms with Gasteiger partial charge in [-0.2, -0.15) is 5.10 Å². The molecule has 1 aromatic heterocycles. The maximum absolute atomic E-state index is 11.1. The number of aromatic carboxylic acids is 1. The third-order valence-corrected chi connectivity index (χ3v) is 4.26. The van der Waals surface area contributed by atoms with Crippen LogP contribution in [0.15, 0.2) is 6.20 Å². The molecular weight excluding hydrogens is 242 g/mol. The van der Waals surface area contributed by atoms with Crippen molar-refractivity contribution in [3.63, 3.8) is 0 Å². The van der Waals surface area contributed by atoms with Gasteiger partial charge < -0.3 is 10.4 Å². The van der Waals surface area contributed by atoms with Crippen molar-refractivity contribution in [3.8, 4) is 0 Å².